The molecule has 0 saturated heterocycles. The van der Waals surface area contributed by atoms with E-state index in [2.05, 4.69) is 15.9 Å². The van der Waals surface area contributed by atoms with Crippen molar-refractivity contribution in [3.63, 3.8) is 0 Å². The van der Waals surface area contributed by atoms with Crippen molar-refractivity contribution < 1.29 is 19.1 Å². The summed E-state index contributed by atoms with van der Waals surface area (Å²) in [4.78, 5) is 22.6. The predicted molar refractivity (Wildman–Crippen MR) is 71.3 cm³/mol. The molecule has 98 valence electrons. The summed E-state index contributed by atoms with van der Waals surface area (Å²) in [7, 11) is 0. The van der Waals surface area contributed by atoms with E-state index in [1.54, 1.807) is 13.0 Å². The third-order valence-electron chi connectivity index (χ3n) is 2.05. The molecule has 0 aliphatic heterocycles. The Morgan fingerprint density at radius 3 is 2.61 bits per heavy atom. The van der Waals surface area contributed by atoms with E-state index in [0.717, 1.165) is 0 Å². The molecular weight excluding hydrogens is 323 g/mol. The first-order valence-corrected chi connectivity index (χ1v) is 6.41. The molecule has 0 aliphatic rings. The van der Waals surface area contributed by atoms with Crippen LogP contribution in [0.4, 0.5) is 0 Å². The van der Waals surface area contributed by atoms with Gasteiger partial charge in [-0.2, -0.15) is 0 Å². The van der Waals surface area contributed by atoms with Crippen LogP contribution in [0.3, 0.4) is 0 Å². The highest BCUT2D eigenvalue weighted by molar-refractivity contribution is 9.10. The molecule has 0 aromatic heterocycles. The highest BCUT2D eigenvalue weighted by atomic mass is 79.9. The molecule has 0 bridgehead atoms. The van der Waals surface area contributed by atoms with Gasteiger partial charge >= 0.3 is 5.97 Å². The van der Waals surface area contributed by atoms with E-state index in [1.807, 2.05) is 0 Å². The standard InChI is InChI=1S/C12H12BrClO4/c1-3-17-12(16)6-18-11-5-10(14)9(13)4-8(11)7(2)15/h4-5H,3,6H2,1-2H3. The van der Waals surface area contributed by atoms with Crippen LogP contribution < -0.4 is 4.74 Å². The van der Waals surface area contributed by atoms with Gasteiger partial charge in [0.2, 0.25) is 0 Å². The normalized spacial score (nSPS) is 10.0. The molecule has 18 heavy (non-hydrogen) atoms. The zero-order valence-corrected chi connectivity index (χ0v) is 12.3. The largest absolute Gasteiger partial charge is 0.481 e. The lowest BCUT2D eigenvalue weighted by molar-refractivity contribution is -0.145. The van der Waals surface area contributed by atoms with Crippen LogP contribution in [-0.4, -0.2) is 25.0 Å². The third kappa shape index (κ3) is 3.99. The summed E-state index contributed by atoms with van der Waals surface area (Å²) >= 11 is 9.13. The number of ether oxygens (including phenoxy) is 2. The van der Waals surface area contributed by atoms with Gasteiger partial charge in [-0.25, -0.2) is 4.79 Å². The highest BCUT2D eigenvalue weighted by Crippen LogP contribution is 2.31. The first kappa shape index (κ1) is 15.0. The van der Waals surface area contributed by atoms with Crippen LogP contribution in [0, 0.1) is 0 Å². The molecule has 4 nitrogen and oxygen atoms in total. The van der Waals surface area contributed by atoms with Crippen molar-refractivity contribution in [2.75, 3.05) is 13.2 Å². The molecule has 0 spiro atoms. The molecule has 0 radical (unpaired) electrons. The minimum Gasteiger partial charge on any atom is -0.481 e. The number of benzene rings is 1. The number of hydrogen-bond acceptors (Lipinski definition) is 4. The number of carbonyl (C=O) groups is 2. The van der Waals surface area contributed by atoms with Crippen molar-refractivity contribution in [3.05, 3.63) is 27.2 Å². The minimum atomic E-state index is -0.494. The van der Waals surface area contributed by atoms with Crippen LogP contribution >= 0.6 is 27.5 Å². The van der Waals surface area contributed by atoms with Gasteiger partial charge in [0.1, 0.15) is 5.75 Å². The number of halogens is 2. The van der Waals surface area contributed by atoms with Crippen molar-refractivity contribution in [2.45, 2.75) is 13.8 Å². The van der Waals surface area contributed by atoms with Gasteiger partial charge in [-0.05, 0) is 35.8 Å². The topological polar surface area (TPSA) is 52.6 Å². The second kappa shape index (κ2) is 6.75. The van der Waals surface area contributed by atoms with Crippen molar-refractivity contribution in [1.82, 2.24) is 0 Å². The Morgan fingerprint density at radius 1 is 1.39 bits per heavy atom. The summed E-state index contributed by atoms with van der Waals surface area (Å²) in [5, 5.41) is 0.402. The zero-order valence-electron chi connectivity index (χ0n) is 9.96. The highest BCUT2D eigenvalue weighted by Gasteiger charge is 2.14. The number of Topliss-reactive ketones (excluding diaryl/α,β-unsaturated/α-hetero) is 1. The number of esters is 1. The summed E-state index contributed by atoms with van der Waals surface area (Å²) < 4.78 is 10.6. The lowest BCUT2D eigenvalue weighted by Gasteiger charge is -2.10. The average molecular weight is 336 g/mol. The average Bonchev–Trinajstić information content (AvgIpc) is 2.30. The summed E-state index contributed by atoms with van der Waals surface area (Å²) in [5.41, 5.74) is 0.357. The first-order valence-electron chi connectivity index (χ1n) is 5.24. The van der Waals surface area contributed by atoms with Gasteiger partial charge < -0.3 is 9.47 Å². The molecule has 0 fully saturated rings. The van der Waals surface area contributed by atoms with Gasteiger partial charge in [0.05, 0.1) is 17.2 Å². The number of rotatable bonds is 5. The summed E-state index contributed by atoms with van der Waals surface area (Å²) in [6.07, 6.45) is 0. The minimum absolute atomic E-state index is 0.175. The van der Waals surface area contributed by atoms with Crippen LogP contribution in [0.5, 0.6) is 5.75 Å². The Morgan fingerprint density at radius 2 is 2.06 bits per heavy atom. The Hall–Kier alpha value is -1.07. The van der Waals surface area contributed by atoms with Gasteiger partial charge in [0.25, 0.3) is 0 Å². The zero-order chi connectivity index (χ0) is 13.7. The SMILES string of the molecule is CCOC(=O)COc1cc(Cl)c(Br)cc1C(C)=O. The molecule has 0 unspecified atom stereocenters. The molecule has 1 aromatic carbocycles. The lowest BCUT2D eigenvalue weighted by Crippen LogP contribution is -2.15. The van der Waals surface area contributed by atoms with Crippen LogP contribution in [-0.2, 0) is 9.53 Å². The van der Waals surface area contributed by atoms with E-state index < -0.39 is 5.97 Å². The molecule has 1 rings (SSSR count). The molecule has 0 heterocycles. The van der Waals surface area contributed by atoms with Crippen molar-refractivity contribution >= 4 is 39.3 Å². The van der Waals surface area contributed by atoms with Crippen molar-refractivity contribution in [2.24, 2.45) is 0 Å². The molecule has 0 N–H and O–H groups in total. The Labute approximate surface area is 118 Å². The summed E-state index contributed by atoms with van der Waals surface area (Å²) in [5.74, 6) is -0.402. The molecule has 0 amide bonds. The Balaban J connectivity index is 2.90. The van der Waals surface area contributed by atoms with E-state index in [0.29, 0.717) is 15.1 Å². The maximum Gasteiger partial charge on any atom is 0.344 e. The second-order valence-electron chi connectivity index (χ2n) is 3.41. The first-order chi connectivity index (χ1) is 8.45. The van der Waals surface area contributed by atoms with E-state index in [1.165, 1.54) is 13.0 Å². The van der Waals surface area contributed by atoms with E-state index >= 15 is 0 Å². The van der Waals surface area contributed by atoms with Gasteiger partial charge in [-0.3, -0.25) is 4.79 Å². The van der Waals surface area contributed by atoms with Gasteiger partial charge in [0.15, 0.2) is 12.4 Å². The quantitative estimate of drug-likeness (QED) is 0.612. The Kier molecular flexibility index (Phi) is 5.62. The smallest absolute Gasteiger partial charge is 0.344 e. The molecule has 1 aromatic rings. The fourth-order valence-corrected chi connectivity index (χ4v) is 1.76. The summed E-state index contributed by atoms with van der Waals surface area (Å²) in [6, 6.07) is 3.05. The molecular formula is C12H12BrClO4. The van der Waals surface area contributed by atoms with Crippen molar-refractivity contribution in [3.8, 4) is 5.75 Å². The molecule has 0 saturated carbocycles. The number of carbonyl (C=O) groups excluding carboxylic acids is 2. The third-order valence-corrected chi connectivity index (χ3v) is 3.25. The van der Waals surface area contributed by atoms with E-state index in [-0.39, 0.29) is 24.7 Å². The Bertz CT molecular complexity index is 473. The van der Waals surface area contributed by atoms with Crippen LogP contribution in [0.2, 0.25) is 5.02 Å². The maximum absolute atomic E-state index is 11.4. The van der Waals surface area contributed by atoms with Crippen LogP contribution in [0.15, 0.2) is 16.6 Å². The van der Waals surface area contributed by atoms with Gasteiger partial charge in [-0.15, -0.1) is 0 Å². The fourth-order valence-electron chi connectivity index (χ4n) is 1.26. The number of ketones is 1. The van der Waals surface area contributed by atoms with Gasteiger partial charge in [-0.1, -0.05) is 11.6 Å². The summed E-state index contributed by atoms with van der Waals surface area (Å²) in [6.45, 7) is 3.14. The van der Waals surface area contributed by atoms with Gasteiger partial charge in [0, 0.05) is 10.5 Å². The lowest BCUT2D eigenvalue weighted by atomic mass is 10.1. The number of hydrogen-bond donors (Lipinski definition) is 0. The molecule has 6 heteroatoms. The van der Waals surface area contributed by atoms with Crippen LogP contribution in [0.1, 0.15) is 24.2 Å². The fraction of sp³-hybridized carbons (Fsp3) is 0.333. The predicted octanol–water partition coefficient (Wildman–Crippen LogP) is 3.25. The maximum atomic E-state index is 11.4. The van der Waals surface area contributed by atoms with Crippen molar-refractivity contribution in [1.29, 1.82) is 0 Å². The van der Waals surface area contributed by atoms with Crippen LogP contribution in [0.25, 0.3) is 0 Å². The molecule has 0 atom stereocenters. The second-order valence-corrected chi connectivity index (χ2v) is 4.67. The van der Waals surface area contributed by atoms with E-state index in [4.69, 9.17) is 21.1 Å². The molecule has 0 aliphatic carbocycles. The monoisotopic (exact) mass is 334 g/mol. The van der Waals surface area contributed by atoms with E-state index in [9.17, 15) is 9.59 Å².